The van der Waals surface area contributed by atoms with Crippen LogP contribution >= 0.6 is 11.6 Å². The number of carbonyl (C=O) groups excluding carboxylic acids is 2. The zero-order valence-electron chi connectivity index (χ0n) is 23.1. The molecule has 0 bridgehead atoms. The smallest absolute Gasteiger partial charge is 0.420 e. The Morgan fingerprint density at radius 1 is 1.23 bits per heavy atom. The third-order valence-electron chi connectivity index (χ3n) is 9.29. The Morgan fingerprint density at radius 3 is 2.55 bits per heavy atom. The van der Waals surface area contributed by atoms with Crippen molar-refractivity contribution in [3.8, 4) is 11.1 Å². The first-order valence-electron chi connectivity index (χ1n) is 14.1. The normalized spacial score (nSPS) is 24.5. The molecule has 0 N–H and O–H groups in total. The standard InChI is InChI=1S/C30H35ClF3N3O3/c1-4-11-36(16-22(38)14-28(5-2)18-29(28)9-6-19(3)7-10-29)27(39)24-25(31)37-15-21(20-8-12-40-17-20)13-23(26(37)35-24)30(32,33)34/h8,12-13,15,17,19H,4-7,9-11,14,16,18H2,1-3H3. The molecule has 1 unspecified atom stereocenters. The number of ketones is 1. The first-order chi connectivity index (χ1) is 18.9. The molecule has 3 aromatic heterocycles. The number of amides is 1. The van der Waals surface area contributed by atoms with Crippen molar-refractivity contribution in [1.29, 1.82) is 0 Å². The summed E-state index contributed by atoms with van der Waals surface area (Å²) < 4.78 is 48.2. The van der Waals surface area contributed by atoms with Gasteiger partial charge in [-0.25, -0.2) is 4.98 Å². The maximum Gasteiger partial charge on any atom is 0.420 e. The first-order valence-corrected chi connectivity index (χ1v) is 14.4. The second-order valence-corrected chi connectivity index (χ2v) is 12.2. The van der Waals surface area contributed by atoms with E-state index in [4.69, 9.17) is 16.0 Å². The van der Waals surface area contributed by atoms with Crippen LogP contribution in [-0.2, 0) is 11.0 Å². The van der Waals surface area contributed by atoms with Gasteiger partial charge in [-0.3, -0.25) is 14.0 Å². The number of fused-ring (bicyclic) bond motifs is 1. The molecule has 0 aliphatic heterocycles. The van der Waals surface area contributed by atoms with E-state index in [1.807, 2.05) is 6.92 Å². The topological polar surface area (TPSA) is 67.8 Å². The van der Waals surface area contributed by atoms with Gasteiger partial charge in [-0.15, -0.1) is 0 Å². The summed E-state index contributed by atoms with van der Waals surface area (Å²) in [5, 5.41) is -0.230. The van der Waals surface area contributed by atoms with E-state index in [2.05, 4.69) is 18.8 Å². The number of rotatable bonds is 9. The van der Waals surface area contributed by atoms with Gasteiger partial charge in [0.2, 0.25) is 0 Å². The Hall–Kier alpha value is -2.81. The molecule has 2 aliphatic carbocycles. The van der Waals surface area contributed by atoms with E-state index in [0.717, 1.165) is 42.1 Å². The number of hydrogen-bond acceptors (Lipinski definition) is 4. The highest BCUT2D eigenvalue weighted by atomic mass is 35.5. The predicted octanol–water partition coefficient (Wildman–Crippen LogP) is 8.07. The number of hydrogen-bond donors (Lipinski definition) is 0. The zero-order chi connectivity index (χ0) is 28.9. The van der Waals surface area contributed by atoms with E-state index in [1.165, 1.54) is 42.5 Å². The molecule has 0 radical (unpaired) electrons. The van der Waals surface area contributed by atoms with Crippen LogP contribution in [0.25, 0.3) is 16.8 Å². The second-order valence-electron chi connectivity index (χ2n) is 11.8. The van der Waals surface area contributed by atoms with Crippen LogP contribution in [0.3, 0.4) is 0 Å². The van der Waals surface area contributed by atoms with Crippen molar-refractivity contribution in [3.05, 3.63) is 47.3 Å². The Morgan fingerprint density at radius 2 is 1.95 bits per heavy atom. The van der Waals surface area contributed by atoms with Crippen molar-refractivity contribution in [2.45, 2.75) is 78.3 Å². The highest BCUT2D eigenvalue weighted by Gasteiger charge is 2.65. The lowest BCUT2D eigenvalue weighted by Crippen LogP contribution is -2.37. The van der Waals surface area contributed by atoms with Crippen LogP contribution in [0.5, 0.6) is 0 Å². The SMILES string of the molecule is CCCN(CC(=O)CC1(CC)CC12CCC(C)CC2)C(=O)c1nc2c(C(F)(F)F)cc(-c3ccoc3)cn2c1Cl. The van der Waals surface area contributed by atoms with Crippen LogP contribution in [0.4, 0.5) is 13.2 Å². The number of imidazole rings is 1. The van der Waals surface area contributed by atoms with Crippen LogP contribution in [0, 0.1) is 16.7 Å². The molecule has 5 rings (SSSR count). The van der Waals surface area contributed by atoms with E-state index < -0.39 is 23.3 Å². The quantitative estimate of drug-likeness (QED) is 0.258. The van der Waals surface area contributed by atoms with Gasteiger partial charge in [0.15, 0.2) is 17.1 Å². The molecule has 2 fully saturated rings. The highest BCUT2D eigenvalue weighted by Crippen LogP contribution is 2.74. The molecule has 2 saturated carbocycles. The van der Waals surface area contributed by atoms with Gasteiger partial charge in [0.25, 0.3) is 5.91 Å². The fourth-order valence-electron chi connectivity index (χ4n) is 6.87. The fourth-order valence-corrected chi connectivity index (χ4v) is 7.12. The molecule has 40 heavy (non-hydrogen) atoms. The lowest BCUT2D eigenvalue weighted by molar-refractivity contribution is -0.136. The summed E-state index contributed by atoms with van der Waals surface area (Å²) in [7, 11) is 0. The predicted molar refractivity (Wildman–Crippen MR) is 146 cm³/mol. The summed E-state index contributed by atoms with van der Waals surface area (Å²) in [6.45, 7) is 6.45. The number of nitrogens with zero attached hydrogens (tertiary/aromatic N) is 3. The number of carbonyl (C=O) groups is 2. The van der Waals surface area contributed by atoms with Gasteiger partial charge in [-0.05, 0) is 61.0 Å². The zero-order valence-corrected chi connectivity index (χ0v) is 23.9. The van der Waals surface area contributed by atoms with Crippen molar-refractivity contribution < 1.29 is 27.2 Å². The van der Waals surface area contributed by atoms with Gasteiger partial charge >= 0.3 is 6.18 Å². The molecule has 1 atom stereocenters. The van der Waals surface area contributed by atoms with Gasteiger partial charge in [0.1, 0.15) is 5.15 Å². The van der Waals surface area contributed by atoms with Crippen molar-refractivity contribution in [2.75, 3.05) is 13.1 Å². The minimum atomic E-state index is -4.74. The lowest BCUT2D eigenvalue weighted by Gasteiger charge is -2.32. The molecule has 2 aliphatic rings. The molecular weight excluding hydrogens is 543 g/mol. The number of halogens is 4. The van der Waals surface area contributed by atoms with E-state index in [-0.39, 0.29) is 46.1 Å². The Kier molecular flexibility index (Phi) is 7.57. The van der Waals surface area contributed by atoms with E-state index in [1.54, 1.807) is 0 Å². The average Bonchev–Trinajstić information content (AvgIpc) is 3.24. The van der Waals surface area contributed by atoms with Crippen molar-refractivity contribution in [1.82, 2.24) is 14.3 Å². The maximum atomic E-state index is 14.0. The van der Waals surface area contributed by atoms with Gasteiger partial charge < -0.3 is 9.32 Å². The monoisotopic (exact) mass is 577 g/mol. The summed E-state index contributed by atoms with van der Waals surface area (Å²) in [6, 6.07) is 2.50. The fraction of sp³-hybridized carbons (Fsp3) is 0.567. The van der Waals surface area contributed by atoms with Crippen LogP contribution in [0.2, 0.25) is 5.15 Å². The number of alkyl halides is 3. The van der Waals surface area contributed by atoms with Crippen LogP contribution in [-0.4, -0.2) is 39.1 Å². The van der Waals surface area contributed by atoms with Crippen molar-refractivity contribution in [2.24, 2.45) is 16.7 Å². The molecular formula is C30H35ClF3N3O3. The largest absolute Gasteiger partial charge is 0.472 e. The Bertz CT molecular complexity index is 1410. The minimum Gasteiger partial charge on any atom is -0.472 e. The van der Waals surface area contributed by atoms with Crippen LogP contribution in [0.1, 0.15) is 88.2 Å². The number of pyridine rings is 1. The third kappa shape index (κ3) is 5.06. The molecule has 1 spiro atoms. The molecule has 6 nitrogen and oxygen atoms in total. The van der Waals surface area contributed by atoms with Gasteiger partial charge in [-0.2, -0.15) is 13.2 Å². The lowest BCUT2D eigenvalue weighted by atomic mass is 9.73. The molecule has 3 heterocycles. The van der Waals surface area contributed by atoms with Crippen molar-refractivity contribution >= 4 is 28.9 Å². The van der Waals surface area contributed by atoms with Crippen LogP contribution in [0.15, 0.2) is 35.3 Å². The molecule has 10 heteroatoms. The highest BCUT2D eigenvalue weighted by molar-refractivity contribution is 6.33. The maximum absolute atomic E-state index is 14.0. The summed E-state index contributed by atoms with van der Waals surface area (Å²) in [4.78, 5) is 32.5. The van der Waals surface area contributed by atoms with Gasteiger partial charge in [0.05, 0.1) is 24.6 Å². The van der Waals surface area contributed by atoms with Crippen LogP contribution < -0.4 is 0 Å². The van der Waals surface area contributed by atoms with Crippen molar-refractivity contribution in [3.63, 3.8) is 0 Å². The minimum absolute atomic E-state index is 0.0169. The second kappa shape index (κ2) is 10.5. The first kappa shape index (κ1) is 28.7. The molecule has 0 aromatic carbocycles. The number of furan rings is 1. The summed E-state index contributed by atoms with van der Waals surface area (Å²) in [6.07, 6.45) is 6.97. The third-order valence-corrected chi connectivity index (χ3v) is 9.65. The molecule has 1 amide bonds. The van der Waals surface area contributed by atoms with E-state index in [9.17, 15) is 22.8 Å². The molecule has 216 valence electrons. The summed E-state index contributed by atoms with van der Waals surface area (Å²) in [5.41, 5.74) is -0.923. The average molecular weight is 578 g/mol. The van der Waals surface area contributed by atoms with Gasteiger partial charge in [0, 0.05) is 30.3 Å². The molecule has 0 saturated heterocycles. The number of aromatic nitrogens is 2. The summed E-state index contributed by atoms with van der Waals surface area (Å²) in [5.74, 6) is 0.0413. The Labute approximate surface area is 236 Å². The number of Topliss-reactive ketones (excluding diaryl/α,β-unsaturated/α-hetero) is 1. The van der Waals surface area contributed by atoms with Gasteiger partial charge in [-0.1, -0.05) is 45.2 Å². The van der Waals surface area contributed by atoms with E-state index >= 15 is 0 Å². The van der Waals surface area contributed by atoms with E-state index in [0.29, 0.717) is 18.4 Å². The Balaban J connectivity index is 1.41. The summed E-state index contributed by atoms with van der Waals surface area (Å²) >= 11 is 6.51. The molecule has 3 aromatic rings.